The molecule has 2 nitrogen and oxygen atoms in total. The lowest BCUT2D eigenvalue weighted by atomic mass is 9.70. The second kappa shape index (κ2) is 8.60. The van der Waals surface area contributed by atoms with E-state index in [1.54, 1.807) is 0 Å². The molecule has 198 valence electrons. The molecule has 0 fully saturated rings. The van der Waals surface area contributed by atoms with Gasteiger partial charge in [-0.15, -0.1) is 0 Å². The lowest BCUT2D eigenvalue weighted by molar-refractivity contribution is 0.792. The van der Waals surface area contributed by atoms with E-state index in [1.807, 2.05) is 0 Å². The van der Waals surface area contributed by atoms with Crippen LogP contribution < -0.4 is 9.80 Å². The molecule has 0 amide bonds. The summed E-state index contributed by atoms with van der Waals surface area (Å²) < 4.78 is 0. The van der Waals surface area contributed by atoms with E-state index in [2.05, 4.69) is 150 Å². The van der Waals surface area contributed by atoms with Crippen molar-refractivity contribution in [3.63, 3.8) is 0 Å². The van der Waals surface area contributed by atoms with Crippen molar-refractivity contribution in [2.24, 2.45) is 0 Å². The van der Waals surface area contributed by atoms with E-state index in [0.29, 0.717) is 0 Å². The highest BCUT2D eigenvalue weighted by Gasteiger charge is 2.53. The Hall–Kier alpha value is -4.30. The molecule has 40 heavy (non-hydrogen) atoms. The van der Waals surface area contributed by atoms with E-state index in [-0.39, 0.29) is 5.41 Å². The van der Waals surface area contributed by atoms with Crippen LogP contribution in [0.4, 0.5) is 11.4 Å². The minimum Gasteiger partial charge on any atom is -0.378 e. The van der Waals surface area contributed by atoms with Gasteiger partial charge in [0.05, 0.1) is 5.41 Å². The molecule has 7 rings (SSSR count). The van der Waals surface area contributed by atoms with Crippen molar-refractivity contribution in [2.45, 2.75) is 26.2 Å². The van der Waals surface area contributed by atoms with Crippen molar-refractivity contribution in [1.29, 1.82) is 0 Å². The van der Waals surface area contributed by atoms with E-state index in [9.17, 15) is 0 Å². The predicted octanol–water partition coefficient (Wildman–Crippen LogP) is 8.75. The van der Waals surface area contributed by atoms with Crippen molar-refractivity contribution in [3.8, 4) is 33.4 Å². The first-order valence-electron chi connectivity index (χ1n) is 14.2. The molecule has 0 bridgehead atoms. The second-order valence-electron chi connectivity index (χ2n) is 12.0. The summed E-state index contributed by atoms with van der Waals surface area (Å²) >= 11 is 0. The molecule has 2 aliphatic rings. The number of rotatable bonds is 3. The number of benzene rings is 5. The summed E-state index contributed by atoms with van der Waals surface area (Å²) in [5.41, 5.74) is 19.9. The van der Waals surface area contributed by atoms with Crippen LogP contribution in [-0.4, -0.2) is 28.2 Å². The van der Waals surface area contributed by atoms with Crippen molar-refractivity contribution in [2.75, 3.05) is 38.0 Å². The summed E-state index contributed by atoms with van der Waals surface area (Å²) in [6.07, 6.45) is 0. The van der Waals surface area contributed by atoms with Gasteiger partial charge in [0.15, 0.2) is 0 Å². The van der Waals surface area contributed by atoms with Crippen LogP contribution in [0.2, 0.25) is 0 Å². The van der Waals surface area contributed by atoms with Gasteiger partial charge in [0.2, 0.25) is 0 Å². The SMILES string of the molecule is Cc1cccc2c1-c1c(C)cccc1C21c2cccc(C)c2-c2c(-c3cc(N(C)C)cc(N(C)C)c3)cccc21. The fourth-order valence-electron chi connectivity index (χ4n) is 7.45. The average Bonchev–Trinajstić information content (AvgIpc) is 3.42. The van der Waals surface area contributed by atoms with Gasteiger partial charge in [-0.3, -0.25) is 0 Å². The van der Waals surface area contributed by atoms with Crippen LogP contribution in [0.25, 0.3) is 33.4 Å². The van der Waals surface area contributed by atoms with Crippen molar-refractivity contribution in [3.05, 3.63) is 130 Å². The summed E-state index contributed by atoms with van der Waals surface area (Å²) in [5, 5.41) is 0. The Morgan fingerprint density at radius 2 is 0.825 bits per heavy atom. The Balaban J connectivity index is 1.65. The van der Waals surface area contributed by atoms with Gasteiger partial charge in [0, 0.05) is 39.6 Å². The maximum atomic E-state index is 2.39. The van der Waals surface area contributed by atoms with E-state index in [0.717, 1.165) is 0 Å². The minimum absolute atomic E-state index is 0.334. The monoisotopic (exact) mass is 520 g/mol. The third-order valence-electron chi connectivity index (χ3n) is 9.25. The van der Waals surface area contributed by atoms with E-state index in [1.165, 1.54) is 83.7 Å². The Morgan fingerprint density at radius 1 is 0.450 bits per heavy atom. The lowest BCUT2D eigenvalue weighted by Crippen LogP contribution is -2.26. The van der Waals surface area contributed by atoms with Crippen LogP contribution in [-0.2, 0) is 5.41 Å². The van der Waals surface area contributed by atoms with Gasteiger partial charge >= 0.3 is 0 Å². The third-order valence-corrected chi connectivity index (χ3v) is 9.25. The summed E-state index contributed by atoms with van der Waals surface area (Å²) in [5.74, 6) is 0. The fraction of sp³-hybridized carbons (Fsp3) is 0.211. The van der Waals surface area contributed by atoms with Gasteiger partial charge in [-0.25, -0.2) is 0 Å². The molecule has 0 saturated heterocycles. The van der Waals surface area contributed by atoms with E-state index < -0.39 is 0 Å². The fourth-order valence-corrected chi connectivity index (χ4v) is 7.45. The highest BCUT2D eigenvalue weighted by molar-refractivity contribution is 6.02. The Morgan fingerprint density at radius 3 is 1.25 bits per heavy atom. The zero-order valence-corrected chi connectivity index (χ0v) is 24.6. The summed E-state index contributed by atoms with van der Waals surface area (Å²) in [6.45, 7) is 6.82. The molecular weight excluding hydrogens is 484 g/mol. The van der Waals surface area contributed by atoms with E-state index in [4.69, 9.17) is 0 Å². The number of anilines is 2. The van der Waals surface area contributed by atoms with Crippen LogP contribution in [0.15, 0.2) is 91.0 Å². The number of hydrogen-bond acceptors (Lipinski definition) is 2. The molecule has 2 aliphatic carbocycles. The largest absolute Gasteiger partial charge is 0.378 e. The van der Waals surface area contributed by atoms with Crippen molar-refractivity contribution in [1.82, 2.24) is 0 Å². The van der Waals surface area contributed by atoms with Gasteiger partial charge in [-0.05, 0) is 111 Å². The summed E-state index contributed by atoms with van der Waals surface area (Å²) in [4.78, 5) is 4.41. The van der Waals surface area contributed by atoms with Gasteiger partial charge in [-0.2, -0.15) is 0 Å². The Labute approximate surface area is 238 Å². The maximum absolute atomic E-state index is 2.39. The molecule has 0 atom stereocenters. The van der Waals surface area contributed by atoms with Gasteiger partial charge in [0.1, 0.15) is 0 Å². The number of aryl methyl sites for hydroxylation is 3. The highest BCUT2D eigenvalue weighted by Crippen LogP contribution is 2.65. The molecule has 0 N–H and O–H groups in total. The quantitative estimate of drug-likeness (QED) is 0.230. The summed E-state index contributed by atoms with van der Waals surface area (Å²) in [6, 6.07) is 34.7. The zero-order valence-electron chi connectivity index (χ0n) is 24.6. The van der Waals surface area contributed by atoms with Crippen molar-refractivity contribution < 1.29 is 0 Å². The molecule has 1 spiro atoms. The normalized spacial score (nSPS) is 13.6. The maximum Gasteiger partial charge on any atom is 0.0726 e. The number of fused-ring (bicyclic) bond motifs is 10. The molecule has 5 aromatic rings. The van der Waals surface area contributed by atoms with Crippen LogP contribution in [0, 0.1) is 20.8 Å². The van der Waals surface area contributed by atoms with Gasteiger partial charge in [-0.1, -0.05) is 72.8 Å². The molecular formula is C38H36N2. The second-order valence-corrected chi connectivity index (χ2v) is 12.0. The summed E-state index contributed by atoms with van der Waals surface area (Å²) in [7, 11) is 8.50. The number of nitrogens with zero attached hydrogens (tertiary/aromatic N) is 2. The van der Waals surface area contributed by atoms with Crippen LogP contribution in [0.1, 0.15) is 38.9 Å². The van der Waals surface area contributed by atoms with Crippen LogP contribution in [0.3, 0.4) is 0 Å². The molecule has 0 heterocycles. The Bertz CT molecular complexity index is 1760. The lowest BCUT2D eigenvalue weighted by Gasteiger charge is -2.31. The Kier molecular flexibility index (Phi) is 5.31. The van der Waals surface area contributed by atoms with Gasteiger partial charge in [0.25, 0.3) is 0 Å². The molecule has 0 radical (unpaired) electrons. The van der Waals surface area contributed by atoms with Gasteiger partial charge < -0.3 is 9.80 Å². The molecule has 0 saturated carbocycles. The average molecular weight is 521 g/mol. The smallest absolute Gasteiger partial charge is 0.0726 e. The first kappa shape index (κ1) is 24.7. The molecule has 0 aliphatic heterocycles. The standard InChI is InChI=1S/C38H36N2/c1-23-12-8-16-30-34(23)35-24(2)13-9-17-31(35)38(30)32-18-10-14-25(3)36(32)37-29(15-11-19-33(37)38)26-20-27(39(4)5)22-28(21-26)40(6)7/h8-22H,1-7H3. The first-order chi connectivity index (χ1) is 19.2. The number of hydrogen-bond donors (Lipinski definition) is 0. The highest BCUT2D eigenvalue weighted by atomic mass is 15.1. The third kappa shape index (κ3) is 3.11. The molecule has 2 heteroatoms. The molecule has 0 unspecified atom stereocenters. The first-order valence-corrected chi connectivity index (χ1v) is 14.2. The predicted molar refractivity (Wildman–Crippen MR) is 171 cm³/mol. The molecule has 5 aromatic carbocycles. The minimum atomic E-state index is -0.334. The van der Waals surface area contributed by atoms with E-state index >= 15 is 0 Å². The zero-order chi connectivity index (χ0) is 27.9. The van der Waals surface area contributed by atoms with Crippen LogP contribution >= 0.6 is 0 Å². The molecule has 0 aromatic heterocycles. The van der Waals surface area contributed by atoms with Crippen LogP contribution in [0.5, 0.6) is 0 Å². The van der Waals surface area contributed by atoms with Crippen molar-refractivity contribution >= 4 is 11.4 Å². The topological polar surface area (TPSA) is 6.48 Å².